The second kappa shape index (κ2) is 38.0. The standard InChI is InChI=1S/C30H17BrN2S.C28H17BrN2.C22H13BrN2S.C22H13ClN2.C20H11ClN2S/c31-21-12-15-26-25(17-21)23-13-11-20(16-27(23)34-26)30-32-28(19-7-2-1-3-8-19)24-14-10-18-6-4-5-9-22(18)29(24)33-30;29-20-16-14-19(15-17-20)28-30-26(18-8-2-1-3-9-18)25-23-12-6-4-10-21(23)22-11-5-7-13-24(22)27(25)31-28;23-16-12-10-14(11-13-16)20-19-17-8-4-5-9-18(17)26-22(19)25-21(24-20)15-6-2-1-3-7-15;23-22-24-20(14-8-2-1-3-9-14)19-17-12-6-4-10-15(17)16-11-5-7-13-18(16)21(19)25-22;21-18-17-15-7-3-4-8-16(15)24-20(17)23-19(22-18)14-10-9-12-5-1-2-6-13(12)11-14/h1-17H;1-17H;1-13H;1-13H;1-11H. The van der Waals surface area contributed by atoms with Gasteiger partial charge in [-0.15, -0.1) is 34.0 Å². The molecule has 0 aliphatic rings. The Morgan fingerprint density at radius 3 is 1.14 bits per heavy atom. The lowest BCUT2D eigenvalue weighted by atomic mass is 9.94. The summed E-state index contributed by atoms with van der Waals surface area (Å²) in [6.07, 6.45) is 0. The lowest BCUT2D eigenvalue weighted by molar-refractivity contribution is 1.23. The quantitative estimate of drug-likeness (QED) is 0.0824. The highest BCUT2D eigenvalue weighted by atomic mass is 79.9. The Bertz CT molecular complexity index is 9730. The van der Waals surface area contributed by atoms with Crippen LogP contribution in [0.1, 0.15) is 0 Å². The van der Waals surface area contributed by atoms with E-state index in [0.717, 1.165) is 178 Å². The number of aromatic nitrogens is 10. The number of fused-ring (bicyclic) bond motifs is 25. The van der Waals surface area contributed by atoms with E-state index in [1.165, 1.54) is 78.0 Å². The van der Waals surface area contributed by atoms with Gasteiger partial charge in [0.15, 0.2) is 23.3 Å². The van der Waals surface area contributed by atoms with E-state index in [1.807, 2.05) is 108 Å². The van der Waals surface area contributed by atoms with Crippen LogP contribution in [0.25, 0.3) is 249 Å². The summed E-state index contributed by atoms with van der Waals surface area (Å²) in [5.41, 5.74) is 15.0. The number of nitrogens with zero attached hydrogens (tertiary/aromatic N) is 10. The molecule has 0 atom stereocenters. The Balaban J connectivity index is 0.0000000955. The Morgan fingerprint density at radius 1 is 0.179 bits per heavy atom. The van der Waals surface area contributed by atoms with Gasteiger partial charge in [-0.1, -0.05) is 417 Å². The van der Waals surface area contributed by atoms with E-state index < -0.39 is 0 Å². The van der Waals surface area contributed by atoms with Crippen molar-refractivity contribution >= 4 is 263 Å². The maximum atomic E-state index is 6.51. The van der Waals surface area contributed by atoms with Gasteiger partial charge in [-0.3, -0.25) is 0 Å². The van der Waals surface area contributed by atoms with Crippen molar-refractivity contribution in [2.45, 2.75) is 0 Å². The molecule has 20 aromatic carbocycles. The van der Waals surface area contributed by atoms with Gasteiger partial charge in [-0.25, -0.2) is 49.8 Å². The summed E-state index contributed by atoms with van der Waals surface area (Å²) in [4.78, 5) is 50.8. The van der Waals surface area contributed by atoms with Crippen LogP contribution in [-0.2, 0) is 0 Å². The number of rotatable bonds is 8. The molecule has 0 saturated carbocycles. The maximum Gasteiger partial charge on any atom is 0.223 e. The first kappa shape index (κ1) is 87.6. The smallest absolute Gasteiger partial charge is 0.223 e. The summed E-state index contributed by atoms with van der Waals surface area (Å²) >= 11 is 28.7. The molecule has 140 heavy (non-hydrogen) atoms. The van der Waals surface area contributed by atoms with Gasteiger partial charge in [0.1, 0.15) is 14.8 Å². The zero-order valence-electron chi connectivity index (χ0n) is 74.1. The van der Waals surface area contributed by atoms with Crippen LogP contribution in [0.3, 0.4) is 0 Å². The van der Waals surface area contributed by atoms with Crippen molar-refractivity contribution in [3.05, 3.63) is 455 Å². The monoisotopic (exact) mass is 2080 g/mol. The SMILES string of the molecule is Brc1ccc(-c2nc(-c3ccccc3)c3c4ccccc4c4ccccc4c3n2)cc1.Brc1ccc(-c2nc(-c3ccccc3)nc3sc4ccccc4c23)cc1.Brc1ccc2sc3cc(-c4nc(-c5ccccc5)c5ccc6ccccc6c5n4)ccc3c2c1.Clc1nc(-c2ccc3ccccc3c2)nc2sc3ccccc3c12.Clc1nc(-c2ccccc2)c2c3ccccc3c3ccccc3c2n1. The van der Waals surface area contributed by atoms with Crippen LogP contribution in [0.15, 0.2) is 444 Å². The van der Waals surface area contributed by atoms with Gasteiger partial charge in [-0.05, 0) is 133 Å². The molecule has 28 rings (SSSR count). The van der Waals surface area contributed by atoms with Gasteiger partial charge in [0, 0.05) is 136 Å². The van der Waals surface area contributed by atoms with Crippen LogP contribution in [0.4, 0.5) is 0 Å². The minimum atomic E-state index is 0.270. The van der Waals surface area contributed by atoms with Gasteiger partial charge < -0.3 is 0 Å². The van der Waals surface area contributed by atoms with E-state index in [1.54, 1.807) is 22.7 Å². The normalized spacial score (nSPS) is 11.5. The largest absolute Gasteiger partial charge is 0.227 e. The van der Waals surface area contributed by atoms with E-state index in [4.69, 9.17) is 58.1 Å². The molecule has 662 valence electrons. The lowest BCUT2D eigenvalue weighted by Crippen LogP contribution is -1.97. The molecule has 8 heterocycles. The maximum absolute atomic E-state index is 6.51. The van der Waals surface area contributed by atoms with Gasteiger partial charge in [0.2, 0.25) is 5.28 Å². The molecule has 0 bridgehead atoms. The molecule has 0 N–H and O–H groups in total. The minimum Gasteiger partial charge on any atom is -0.227 e. The van der Waals surface area contributed by atoms with Crippen molar-refractivity contribution < 1.29 is 0 Å². The molecular weight excluding hydrogens is 2010 g/mol. The fraction of sp³-hybridized carbons (Fsp3) is 0. The van der Waals surface area contributed by atoms with Gasteiger partial charge in [0.05, 0.1) is 44.7 Å². The number of hydrogen-bond acceptors (Lipinski definition) is 13. The van der Waals surface area contributed by atoms with Crippen LogP contribution < -0.4 is 0 Å². The molecular formula is C122H71Br3Cl2N10S3. The second-order valence-electron chi connectivity index (χ2n) is 33.7. The number of halogens is 5. The summed E-state index contributed by atoms with van der Waals surface area (Å²) in [7, 11) is 0. The average Bonchev–Trinajstić information content (AvgIpc) is 0.890. The third kappa shape index (κ3) is 16.9. The van der Waals surface area contributed by atoms with Crippen molar-refractivity contribution in [1.82, 2.24) is 49.8 Å². The fourth-order valence-corrected chi connectivity index (χ4v) is 23.4. The summed E-state index contributed by atoms with van der Waals surface area (Å²) in [5, 5.41) is 25.0. The van der Waals surface area contributed by atoms with Crippen molar-refractivity contribution in [2.75, 3.05) is 0 Å². The highest BCUT2D eigenvalue weighted by molar-refractivity contribution is 9.11. The lowest BCUT2D eigenvalue weighted by Gasteiger charge is -2.15. The first-order valence-electron chi connectivity index (χ1n) is 45.4. The number of hydrogen-bond donors (Lipinski definition) is 0. The molecule has 0 unspecified atom stereocenters. The average molecular weight is 2080 g/mol. The van der Waals surface area contributed by atoms with Crippen LogP contribution in [0.5, 0.6) is 0 Å². The molecule has 18 heteroatoms. The topological polar surface area (TPSA) is 129 Å². The summed E-state index contributed by atoms with van der Waals surface area (Å²) in [6.45, 7) is 0. The van der Waals surface area contributed by atoms with E-state index in [9.17, 15) is 0 Å². The highest BCUT2D eigenvalue weighted by Gasteiger charge is 2.24. The van der Waals surface area contributed by atoms with Gasteiger partial charge in [0.25, 0.3) is 0 Å². The molecule has 0 radical (unpaired) electrons. The molecule has 28 aromatic rings. The number of thiophene rings is 3. The molecule has 0 saturated heterocycles. The van der Waals surface area contributed by atoms with E-state index in [2.05, 4.69) is 396 Å². The molecule has 10 nitrogen and oxygen atoms in total. The van der Waals surface area contributed by atoms with Crippen LogP contribution in [0.2, 0.25) is 10.4 Å². The third-order valence-electron chi connectivity index (χ3n) is 25.2. The molecule has 0 fully saturated rings. The Kier molecular flexibility index (Phi) is 23.7. The molecule has 0 amide bonds. The minimum absolute atomic E-state index is 0.270. The molecule has 0 spiro atoms. The first-order valence-corrected chi connectivity index (χ1v) is 51.0. The first-order chi connectivity index (χ1) is 68.9. The van der Waals surface area contributed by atoms with E-state index in [0.29, 0.717) is 11.0 Å². The van der Waals surface area contributed by atoms with E-state index in [-0.39, 0.29) is 5.28 Å². The van der Waals surface area contributed by atoms with Gasteiger partial charge in [-0.2, -0.15) is 0 Å². The highest BCUT2D eigenvalue weighted by Crippen LogP contribution is 2.47. The zero-order chi connectivity index (χ0) is 93.8. The van der Waals surface area contributed by atoms with Crippen molar-refractivity contribution in [3.63, 3.8) is 0 Å². The Hall–Kier alpha value is -15.2. The predicted octanol–water partition coefficient (Wildman–Crippen LogP) is 36.8. The van der Waals surface area contributed by atoms with E-state index >= 15 is 0 Å². The summed E-state index contributed by atoms with van der Waals surface area (Å²) < 4.78 is 8.14. The van der Waals surface area contributed by atoms with Crippen LogP contribution >= 0.6 is 105 Å². The van der Waals surface area contributed by atoms with Crippen molar-refractivity contribution in [1.29, 1.82) is 0 Å². The number of benzene rings is 20. The predicted molar refractivity (Wildman–Crippen MR) is 603 cm³/mol. The molecule has 0 aliphatic carbocycles. The van der Waals surface area contributed by atoms with Crippen LogP contribution in [0, 0.1) is 0 Å². The Labute approximate surface area is 850 Å². The fourth-order valence-electron chi connectivity index (χ4n) is 18.7. The Morgan fingerprint density at radius 2 is 0.543 bits per heavy atom. The zero-order valence-corrected chi connectivity index (χ0v) is 82.8. The second-order valence-corrected chi connectivity index (χ2v) is 40.3. The summed E-state index contributed by atoms with van der Waals surface area (Å²) in [5.74, 6) is 2.93. The van der Waals surface area contributed by atoms with Crippen molar-refractivity contribution in [3.8, 4) is 90.6 Å². The van der Waals surface area contributed by atoms with Crippen LogP contribution in [-0.4, -0.2) is 49.8 Å². The van der Waals surface area contributed by atoms with Gasteiger partial charge >= 0.3 is 0 Å². The molecule has 8 aromatic heterocycles. The third-order valence-corrected chi connectivity index (χ3v) is 30.5. The summed E-state index contributed by atoms with van der Waals surface area (Å²) in [6, 6.07) is 148. The van der Waals surface area contributed by atoms with Crippen molar-refractivity contribution in [2.24, 2.45) is 0 Å². The molecule has 0 aliphatic heterocycles.